The number of ether oxygens (including phenoxy) is 2. The van der Waals surface area contributed by atoms with E-state index in [0.717, 1.165) is 5.56 Å². The summed E-state index contributed by atoms with van der Waals surface area (Å²) in [5, 5.41) is 0. The molecular formula is C10H10BrClO4S. The number of rotatable bonds is 2. The van der Waals surface area contributed by atoms with E-state index in [0.29, 0.717) is 34.7 Å². The Morgan fingerprint density at radius 3 is 2.71 bits per heavy atom. The van der Waals surface area contributed by atoms with Crippen molar-refractivity contribution in [3.8, 4) is 11.5 Å². The van der Waals surface area contributed by atoms with Gasteiger partial charge >= 0.3 is 0 Å². The summed E-state index contributed by atoms with van der Waals surface area (Å²) in [6.07, 6.45) is 0. The van der Waals surface area contributed by atoms with Gasteiger partial charge < -0.3 is 9.47 Å². The van der Waals surface area contributed by atoms with Gasteiger partial charge in [0, 0.05) is 10.7 Å². The van der Waals surface area contributed by atoms with Gasteiger partial charge in [-0.05, 0) is 40.0 Å². The maximum absolute atomic E-state index is 11.1. The first-order chi connectivity index (χ1) is 7.88. The summed E-state index contributed by atoms with van der Waals surface area (Å²) < 4.78 is 33.8. The first-order valence-electron chi connectivity index (χ1n) is 4.88. The predicted molar refractivity (Wildman–Crippen MR) is 68.3 cm³/mol. The minimum absolute atomic E-state index is 0.227. The molecule has 0 bridgehead atoms. The lowest BCUT2D eigenvalue weighted by Crippen LogP contribution is -2.16. The average molecular weight is 342 g/mol. The summed E-state index contributed by atoms with van der Waals surface area (Å²) in [5.74, 6) is 0.934. The third kappa shape index (κ3) is 2.86. The summed E-state index contributed by atoms with van der Waals surface area (Å²) >= 11 is 3.38. The van der Waals surface area contributed by atoms with E-state index in [-0.39, 0.29) is 5.75 Å². The Bertz CT molecular complexity index is 556. The largest absolute Gasteiger partial charge is 0.486 e. The monoisotopic (exact) mass is 340 g/mol. The van der Waals surface area contributed by atoms with Crippen LogP contribution < -0.4 is 9.47 Å². The van der Waals surface area contributed by atoms with Crippen LogP contribution in [0.3, 0.4) is 0 Å². The smallest absolute Gasteiger partial charge is 0.236 e. The molecule has 2 rings (SSSR count). The Labute approximate surface area is 112 Å². The standard InChI is InChI=1S/C10H10BrClO4S/c1-6-7(5-17(12,13)14)4-8-10(9(6)11)16-3-2-15-8/h4H,2-3,5H2,1H3. The Hall–Kier alpha value is -0.460. The van der Waals surface area contributed by atoms with Crippen molar-refractivity contribution in [2.45, 2.75) is 12.7 Å². The minimum atomic E-state index is -3.59. The fraction of sp³-hybridized carbons (Fsp3) is 0.400. The molecule has 0 saturated carbocycles. The van der Waals surface area contributed by atoms with Crippen molar-refractivity contribution in [2.75, 3.05) is 13.2 Å². The first-order valence-corrected chi connectivity index (χ1v) is 8.15. The van der Waals surface area contributed by atoms with Gasteiger partial charge in [-0.3, -0.25) is 0 Å². The molecule has 0 aliphatic carbocycles. The Kier molecular flexibility index (Phi) is 3.56. The Morgan fingerprint density at radius 1 is 1.41 bits per heavy atom. The topological polar surface area (TPSA) is 52.6 Å². The van der Waals surface area contributed by atoms with Crippen molar-refractivity contribution >= 4 is 35.7 Å². The van der Waals surface area contributed by atoms with Gasteiger partial charge in [0.25, 0.3) is 0 Å². The molecule has 0 amide bonds. The van der Waals surface area contributed by atoms with Gasteiger partial charge in [-0.1, -0.05) is 0 Å². The van der Waals surface area contributed by atoms with Gasteiger partial charge in [0.05, 0.1) is 10.2 Å². The van der Waals surface area contributed by atoms with E-state index < -0.39 is 9.05 Å². The Balaban J connectivity index is 2.51. The fourth-order valence-corrected chi connectivity index (χ4v) is 3.21. The fourth-order valence-electron chi connectivity index (χ4n) is 1.62. The number of halogens is 2. The van der Waals surface area contributed by atoms with Crippen molar-refractivity contribution in [1.29, 1.82) is 0 Å². The number of fused-ring (bicyclic) bond motifs is 1. The average Bonchev–Trinajstić information content (AvgIpc) is 2.24. The van der Waals surface area contributed by atoms with Crippen LogP contribution in [0.4, 0.5) is 0 Å². The highest BCUT2D eigenvalue weighted by Gasteiger charge is 2.21. The molecule has 1 aromatic rings. The van der Waals surface area contributed by atoms with Crippen LogP contribution in [0.25, 0.3) is 0 Å². The van der Waals surface area contributed by atoms with Crippen LogP contribution in [-0.4, -0.2) is 21.6 Å². The van der Waals surface area contributed by atoms with Crippen LogP contribution >= 0.6 is 26.6 Å². The summed E-state index contributed by atoms with van der Waals surface area (Å²) in [6.45, 7) is 2.74. The van der Waals surface area contributed by atoms with Crippen LogP contribution in [0.5, 0.6) is 11.5 Å². The predicted octanol–water partition coefficient (Wildman–Crippen LogP) is 2.60. The Morgan fingerprint density at radius 2 is 2.06 bits per heavy atom. The van der Waals surface area contributed by atoms with Gasteiger partial charge in [-0.2, -0.15) is 0 Å². The molecule has 0 aromatic heterocycles. The molecule has 0 atom stereocenters. The summed E-state index contributed by atoms with van der Waals surface area (Å²) in [5.41, 5.74) is 1.40. The number of hydrogen-bond acceptors (Lipinski definition) is 4. The van der Waals surface area contributed by atoms with E-state index in [1.807, 2.05) is 0 Å². The van der Waals surface area contributed by atoms with E-state index in [9.17, 15) is 8.42 Å². The van der Waals surface area contributed by atoms with Crippen LogP contribution in [0, 0.1) is 6.92 Å². The van der Waals surface area contributed by atoms with Crippen molar-refractivity contribution in [1.82, 2.24) is 0 Å². The SMILES string of the molecule is Cc1c(CS(=O)(=O)Cl)cc2c(c1Br)OCCO2. The van der Waals surface area contributed by atoms with Crippen LogP contribution in [0.2, 0.25) is 0 Å². The quantitative estimate of drug-likeness (QED) is 0.776. The number of hydrogen-bond donors (Lipinski definition) is 0. The molecule has 1 aliphatic heterocycles. The molecule has 0 fully saturated rings. The third-order valence-corrected chi connectivity index (χ3v) is 4.39. The highest BCUT2D eigenvalue weighted by Crippen LogP contribution is 2.41. The molecule has 7 heteroatoms. The van der Waals surface area contributed by atoms with E-state index in [1.165, 1.54) is 0 Å². The van der Waals surface area contributed by atoms with Crippen molar-refractivity contribution in [3.63, 3.8) is 0 Å². The molecule has 1 aliphatic rings. The van der Waals surface area contributed by atoms with Crippen molar-refractivity contribution < 1.29 is 17.9 Å². The van der Waals surface area contributed by atoms with Crippen molar-refractivity contribution in [3.05, 3.63) is 21.7 Å². The molecule has 1 heterocycles. The summed E-state index contributed by atoms with van der Waals surface area (Å²) in [6, 6.07) is 1.66. The molecule has 0 unspecified atom stereocenters. The first kappa shape index (κ1) is 13.0. The maximum Gasteiger partial charge on any atom is 0.236 e. The molecule has 0 radical (unpaired) electrons. The normalized spacial score (nSPS) is 14.8. The van der Waals surface area contributed by atoms with Gasteiger partial charge in [0.1, 0.15) is 13.2 Å². The van der Waals surface area contributed by atoms with Gasteiger partial charge in [0.15, 0.2) is 11.5 Å². The molecule has 1 aromatic carbocycles. The molecule has 94 valence electrons. The molecule has 4 nitrogen and oxygen atoms in total. The highest BCUT2D eigenvalue weighted by molar-refractivity contribution is 9.10. The zero-order valence-corrected chi connectivity index (χ0v) is 12.2. The third-order valence-electron chi connectivity index (χ3n) is 2.45. The zero-order valence-electron chi connectivity index (χ0n) is 9.00. The molecular weight excluding hydrogens is 332 g/mol. The lowest BCUT2D eigenvalue weighted by Gasteiger charge is -2.22. The maximum atomic E-state index is 11.1. The second-order valence-electron chi connectivity index (χ2n) is 3.68. The van der Waals surface area contributed by atoms with E-state index in [4.69, 9.17) is 20.2 Å². The summed E-state index contributed by atoms with van der Waals surface area (Å²) in [7, 11) is 1.67. The van der Waals surface area contributed by atoms with Crippen molar-refractivity contribution in [2.24, 2.45) is 0 Å². The second kappa shape index (κ2) is 4.66. The van der Waals surface area contributed by atoms with Gasteiger partial charge in [-0.15, -0.1) is 0 Å². The molecule has 0 spiro atoms. The molecule has 0 N–H and O–H groups in total. The zero-order chi connectivity index (χ0) is 12.6. The minimum Gasteiger partial charge on any atom is -0.486 e. The van der Waals surface area contributed by atoms with Crippen LogP contribution in [0.15, 0.2) is 10.5 Å². The number of benzene rings is 1. The lowest BCUT2D eigenvalue weighted by molar-refractivity contribution is 0.170. The summed E-state index contributed by atoms with van der Waals surface area (Å²) in [4.78, 5) is 0. The van der Waals surface area contributed by atoms with Gasteiger partial charge in [0.2, 0.25) is 9.05 Å². The lowest BCUT2D eigenvalue weighted by atomic mass is 10.1. The van der Waals surface area contributed by atoms with Gasteiger partial charge in [-0.25, -0.2) is 8.42 Å². The van der Waals surface area contributed by atoms with Crippen LogP contribution in [-0.2, 0) is 14.8 Å². The molecule has 0 saturated heterocycles. The van der Waals surface area contributed by atoms with E-state index in [1.54, 1.807) is 13.0 Å². The highest BCUT2D eigenvalue weighted by atomic mass is 79.9. The van der Waals surface area contributed by atoms with E-state index in [2.05, 4.69) is 15.9 Å². The molecule has 17 heavy (non-hydrogen) atoms. The second-order valence-corrected chi connectivity index (χ2v) is 7.25. The van der Waals surface area contributed by atoms with E-state index >= 15 is 0 Å². The van der Waals surface area contributed by atoms with Crippen LogP contribution in [0.1, 0.15) is 11.1 Å².